The number of carbonyl (C=O) groups is 4. The van der Waals surface area contributed by atoms with E-state index in [1.54, 1.807) is 30.0 Å². The molecule has 206 valence electrons. The van der Waals surface area contributed by atoms with Crippen LogP contribution in [0.5, 0.6) is 11.5 Å². The molecule has 39 heavy (non-hydrogen) atoms. The minimum Gasteiger partial charge on any atom is -0.493 e. The number of rotatable bonds is 9. The van der Waals surface area contributed by atoms with Gasteiger partial charge in [-0.05, 0) is 70.5 Å². The molecule has 0 spiro atoms. The molecule has 0 radical (unpaired) electrons. The molecule has 2 heterocycles. The lowest BCUT2D eigenvalue weighted by molar-refractivity contribution is -0.145. The highest BCUT2D eigenvalue weighted by molar-refractivity contribution is 9.10. The van der Waals surface area contributed by atoms with Crippen molar-refractivity contribution in [2.45, 2.75) is 6.92 Å². The van der Waals surface area contributed by atoms with Gasteiger partial charge in [0.05, 0.1) is 23.1 Å². The first kappa shape index (κ1) is 28.5. The number of imide groups is 1. The van der Waals surface area contributed by atoms with Crippen LogP contribution in [0, 0.1) is 0 Å². The van der Waals surface area contributed by atoms with Gasteiger partial charge in [0.15, 0.2) is 18.1 Å². The number of esters is 1. The van der Waals surface area contributed by atoms with Crippen molar-refractivity contribution in [2.75, 3.05) is 57.9 Å². The molecule has 0 aliphatic carbocycles. The number of methoxy groups -OCH3 is 1. The monoisotopic (exact) mass is 617 g/mol. The zero-order chi connectivity index (χ0) is 27.9. The third-order valence-electron chi connectivity index (χ3n) is 6.11. The first-order valence-corrected chi connectivity index (χ1v) is 13.9. The van der Waals surface area contributed by atoms with Crippen molar-refractivity contribution in [2.24, 2.45) is 0 Å². The number of benzene rings is 2. The molecule has 4 rings (SSSR count). The first-order chi connectivity index (χ1) is 18.8. The molecule has 2 aliphatic heterocycles. The quantitative estimate of drug-likeness (QED) is 0.307. The van der Waals surface area contributed by atoms with E-state index in [4.69, 9.17) is 14.2 Å². The normalized spacial score (nSPS) is 16.6. The third kappa shape index (κ3) is 6.93. The summed E-state index contributed by atoms with van der Waals surface area (Å²) in [7, 11) is 1.45. The number of amides is 3. The molecular weight excluding hydrogens is 590 g/mol. The van der Waals surface area contributed by atoms with Crippen molar-refractivity contribution < 1.29 is 33.4 Å². The Hall–Kier alpha value is -3.51. The summed E-state index contributed by atoms with van der Waals surface area (Å²) in [6.07, 6.45) is 1.55. The topological polar surface area (TPSA) is 106 Å². The third-order valence-corrected chi connectivity index (χ3v) is 7.61. The van der Waals surface area contributed by atoms with E-state index in [-0.39, 0.29) is 30.6 Å². The van der Waals surface area contributed by atoms with Gasteiger partial charge in [0.2, 0.25) is 5.91 Å². The summed E-state index contributed by atoms with van der Waals surface area (Å²) in [5, 5.41) is -0.497. The zero-order valence-electron chi connectivity index (χ0n) is 21.6. The Morgan fingerprint density at radius 1 is 1.08 bits per heavy atom. The molecular formula is C27H28BrN3O7S. The summed E-state index contributed by atoms with van der Waals surface area (Å²) >= 11 is 4.18. The Bertz CT molecular complexity index is 1280. The average molecular weight is 619 g/mol. The second kappa shape index (κ2) is 13.0. The van der Waals surface area contributed by atoms with Gasteiger partial charge >= 0.3 is 5.97 Å². The second-order valence-electron chi connectivity index (χ2n) is 8.60. The molecule has 0 aromatic heterocycles. The maximum absolute atomic E-state index is 13.0. The van der Waals surface area contributed by atoms with Crippen molar-refractivity contribution in [3.63, 3.8) is 0 Å². The summed E-state index contributed by atoms with van der Waals surface area (Å²) < 4.78 is 16.3. The van der Waals surface area contributed by atoms with E-state index >= 15 is 0 Å². The number of carbonyl (C=O) groups excluding carboxylic acids is 4. The van der Waals surface area contributed by atoms with Crippen LogP contribution in [0.2, 0.25) is 0 Å². The SMILES string of the molecule is CCOC(=O)COc1c(Br)cc(/C=C2/SC(=O)N(CC(=O)N3CCN(c4ccccc4)CC3)C2=O)cc1OC. The number of ether oxygens (including phenoxy) is 3. The summed E-state index contributed by atoms with van der Waals surface area (Å²) in [5.74, 6) is -0.688. The van der Waals surface area contributed by atoms with Crippen molar-refractivity contribution in [1.29, 1.82) is 0 Å². The Morgan fingerprint density at radius 3 is 2.46 bits per heavy atom. The standard InChI is InChI=1S/C27H28BrN3O7S/c1-3-37-24(33)17-38-25-20(28)13-18(14-21(25)36-2)15-22-26(34)31(27(35)39-22)16-23(32)30-11-9-29(10-12-30)19-7-5-4-6-8-19/h4-8,13-15H,3,9-12,16-17H2,1-2H3/b22-15+. The number of anilines is 1. The van der Waals surface area contributed by atoms with Gasteiger partial charge in [-0.2, -0.15) is 0 Å². The molecule has 0 bridgehead atoms. The van der Waals surface area contributed by atoms with Crippen LogP contribution in [0.3, 0.4) is 0 Å². The first-order valence-electron chi connectivity index (χ1n) is 12.3. The second-order valence-corrected chi connectivity index (χ2v) is 10.4. The van der Waals surface area contributed by atoms with E-state index in [1.807, 2.05) is 30.3 Å². The van der Waals surface area contributed by atoms with Crippen LogP contribution in [-0.4, -0.2) is 85.9 Å². The average Bonchev–Trinajstić information content (AvgIpc) is 3.20. The molecule has 2 aromatic rings. The molecule has 10 nitrogen and oxygen atoms in total. The molecule has 0 atom stereocenters. The van der Waals surface area contributed by atoms with Gasteiger partial charge in [-0.1, -0.05) is 18.2 Å². The fraction of sp³-hybridized carbons (Fsp3) is 0.333. The van der Waals surface area contributed by atoms with Gasteiger partial charge in [0.1, 0.15) is 6.54 Å². The predicted molar refractivity (Wildman–Crippen MR) is 151 cm³/mol. The molecule has 0 saturated carbocycles. The highest BCUT2D eigenvalue weighted by Gasteiger charge is 2.37. The van der Waals surface area contributed by atoms with Crippen LogP contribution in [0.1, 0.15) is 12.5 Å². The van der Waals surface area contributed by atoms with Crippen molar-refractivity contribution in [1.82, 2.24) is 9.80 Å². The molecule has 0 N–H and O–H groups in total. The van der Waals surface area contributed by atoms with Crippen LogP contribution in [0.15, 0.2) is 51.8 Å². The molecule has 0 unspecified atom stereocenters. The van der Waals surface area contributed by atoms with Crippen LogP contribution in [0.25, 0.3) is 6.08 Å². The molecule has 2 saturated heterocycles. The fourth-order valence-electron chi connectivity index (χ4n) is 4.17. The molecule has 2 aromatic carbocycles. The highest BCUT2D eigenvalue weighted by Crippen LogP contribution is 2.39. The maximum Gasteiger partial charge on any atom is 0.344 e. The van der Waals surface area contributed by atoms with Crippen molar-refractivity contribution in [3.8, 4) is 11.5 Å². The van der Waals surface area contributed by atoms with Gasteiger partial charge < -0.3 is 24.0 Å². The Kier molecular flexibility index (Phi) is 9.52. The number of piperazine rings is 1. The van der Waals surface area contributed by atoms with Gasteiger partial charge in [0.25, 0.3) is 11.1 Å². The molecule has 2 aliphatic rings. The van der Waals surface area contributed by atoms with E-state index in [1.165, 1.54) is 7.11 Å². The summed E-state index contributed by atoms with van der Waals surface area (Å²) in [4.78, 5) is 55.3. The van der Waals surface area contributed by atoms with E-state index < -0.39 is 17.1 Å². The molecule has 12 heteroatoms. The summed E-state index contributed by atoms with van der Waals surface area (Å²) in [6.45, 7) is 3.72. The van der Waals surface area contributed by atoms with E-state index in [0.717, 1.165) is 22.3 Å². The zero-order valence-corrected chi connectivity index (χ0v) is 24.0. The van der Waals surface area contributed by atoms with Gasteiger partial charge in [-0.25, -0.2) is 4.79 Å². The highest BCUT2D eigenvalue weighted by atomic mass is 79.9. The predicted octanol–water partition coefficient (Wildman–Crippen LogP) is 3.78. The Balaban J connectivity index is 1.39. The number of thioether (sulfide) groups is 1. The summed E-state index contributed by atoms with van der Waals surface area (Å²) in [6, 6.07) is 13.3. The minimum atomic E-state index is -0.529. The largest absolute Gasteiger partial charge is 0.493 e. The van der Waals surface area contributed by atoms with Crippen LogP contribution >= 0.6 is 27.7 Å². The summed E-state index contributed by atoms with van der Waals surface area (Å²) in [5.41, 5.74) is 1.67. The van der Waals surface area contributed by atoms with Crippen LogP contribution < -0.4 is 14.4 Å². The van der Waals surface area contributed by atoms with Crippen molar-refractivity contribution in [3.05, 3.63) is 57.4 Å². The number of hydrogen-bond donors (Lipinski definition) is 0. The fourth-order valence-corrected chi connectivity index (χ4v) is 5.59. The number of para-hydroxylation sites is 1. The maximum atomic E-state index is 13.0. The van der Waals surface area contributed by atoms with E-state index in [2.05, 4.69) is 20.8 Å². The minimum absolute atomic E-state index is 0.191. The van der Waals surface area contributed by atoms with Gasteiger partial charge in [0, 0.05) is 31.9 Å². The lowest BCUT2D eigenvalue weighted by atomic mass is 10.2. The van der Waals surface area contributed by atoms with Gasteiger partial charge in [-0.3, -0.25) is 19.3 Å². The lowest BCUT2D eigenvalue weighted by Gasteiger charge is -2.36. The molecule has 3 amide bonds. The lowest BCUT2D eigenvalue weighted by Crippen LogP contribution is -2.51. The smallest absolute Gasteiger partial charge is 0.344 e. The van der Waals surface area contributed by atoms with Crippen LogP contribution in [-0.2, 0) is 19.1 Å². The number of halogens is 1. The number of hydrogen-bond acceptors (Lipinski definition) is 9. The number of nitrogens with zero attached hydrogens (tertiary/aromatic N) is 3. The van der Waals surface area contributed by atoms with Crippen molar-refractivity contribution >= 4 is 62.5 Å². The van der Waals surface area contributed by atoms with Crippen LogP contribution in [0.4, 0.5) is 10.5 Å². The van der Waals surface area contributed by atoms with E-state index in [0.29, 0.717) is 47.7 Å². The van der Waals surface area contributed by atoms with Gasteiger partial charge in [-0.15, -0.1) is 0 Å². The van der Waals surface area contributed by atoms with E-state index in [9.17, 15) is 19.2 Å². The molecule has 2 fully saturated rings. The Labute approximate surface area is 239 Å². The Morgan fingerprint density at radius 2 is 1.79 bits per heavy atom.